The van der Waals surface area contributed by atoms with Crippen LogP contribution in [0.5, 0.6) is 0 Å². The molecular formula is C15H19F2N3O2. The Morgan fingerprint density at radius 1 is 1.09 bits per heavy atom. The first-order valence-corrected chi connectivity index (χ1v) is 7.27. The number of hydrogen-bond acceptors (Lipinski definition) is 3. The molecule has 0 radical (unpaired) electrons. The summed E-state index contributed by atoms with van der Waals surface area (Å²) < 4.78 is 26.7. The quantitative estimate of drug-likeness (QED) is 0.622. The van der Waals surface area contributed by atoms with E-state index in [9.17, 15) is 18.4 Å². The molecule has 0 saturated heterocycles. The molecule has 2 amide bonds. The summed E-state index contributed by atoms with van der Waals surface area (Å²) in [6.07, 6.45) is 2.43. The summed E-state index contributed by atoms with van der Waals surface area (Å²) in [6, 6.07) is 3.23. The molecule has 2 rings (SSSR count). The van der Waals surface area contributed by atoms with Gasteiger partial charge >= 0.3 is 0 Å². The SMILES string of the molecule is O=C(CNCC1CC1)NCCNC(=O)c1c(F)cccc1F. The first-order valence-electron chi connectivity index (χ1n) is 7.27. The monoisotopic (exact) mass is 311 g/mol. The molecule has 0 aliphatic heterocycles. The van der Waals surface area contributed by atoms with Crippen molar-refractivity contribution in [2.45, 2.75) is 12.8 Å². The number of carbonyl (C=O) groups excluding carboxylic acids is 2. The Balaban J connectivity index is 1.63. The molecule has 22 heavy (non-hydrogen) atoms. The van der Waals surface area contributed by atoms with E-state index in [1.807, 2.05) is 0 Å². The predicted molar refractivity (Wildman–Crippen MR) is 77.3 cm³/mol. The van der Waals surface area contributed by atoms with Crippen molar-refractivity contribution in [3.05, 3.63) is 35.4 Å². The molecule has 0 unspecified atom stereocenters. The van der Waals surface area contributed by atoms with Crippen LogP contribution in [-0.2, 0) is 4.79 Å². The van der Waals surface area contributed by atoms with Crippen LogP contribution >= 0.6 is 0 Å². The zero-order valence-electron chi connectivity index (χ0n) is 12.1. The molecule has 1 aromatic carbocycles. The highest BCUT2D eigenvalue weighted by Gasteiger charge is 2.20. The largest absolute Gasteiger partial charge is 0.353 e. The van der Waals surface area contributed by atoms with E-state index in [1.54, 1.807) is 0 Å². The van der Waals surface area contributed by atoms with Gasteiger partial charge in [0.05, 0.1) is 6.54 Å². The molecule has 0 heterocycles. The third-order valence-electron chi connectivity index (χ3n) is 3.34. The fraction of sp³-hybridized carbons (Fsp3) is 0.467. The van der Waals surface area contributed by atoms with Crippen LogP contribution in [0.4, 0.5) is 8.78 Å². The molecule has 1 saturated carbocycles. The normalized spacial score (nSPS) is 13.7. The number of carbonyl (C=O) groups is 2. The molecule has 120 valence electrons. The molecule has 1 fully saturated rings. The molecule has 3 N–H and O–H groups in total. The van der Waals surface area contributed by atoms with E-state index in [-0.39, 0.29) is 25.5 Å². The van der Waals surface area contributed by atoms with Crippen LogP contribution < -0.4 is 16.0 Å². The number of halogens is 2. The Morgan fingerprint density at radius 2 is 1.73 bits per heavy atom. The molecule has 1 aromatic rings. The molecule has 0 bridgehead atoms. The molecule has 1 aliphatic carbocycles. The predicted octanol–water partition coefficient (Wildman–Crippen LogP) is 0.810. The van der Waals surface area contributed by atoms with Gasteiger partial charge in [0.15, 0.2) is 0 Å². The second-order valence-corrected chi connectivity index (χ2v) is 5.28. The van der Waals surface area contributed by atoms with Crippen LogP contribution in [0.1, 0.15) is 23.2 Å². The van der Waals surface area contributed by atoms with Crippen LogP contribution in [0.3, 0.4) is 0 Å². The topological polar surface area (TPSA) is 70.2 Å². The fourth-order valence-electron chi connectivity index (χ4n) is 1.96. The van der Waals surface area contributed by atoms with Gasteiger partial charge in [-0.2, -0.15) is 0 Å². The fourth-order valence-corrected chi connectivity index (χ4v) is 1.96. The van der Waals surface area contributed by atoms with Crippen LogP contribution in [0.2, 0.25) is 0 Å². The first kappa shape index (κ1) is 16.4. The minimum absolute atomic E-state index is 0.0982. The highest BCUT2D eigenvalue weighted by Crippen LogP contribution is 2.27. The molecule has 5 nitrogen and oxygen atoms in total. The summed E-state index contributed by atoms with van der Waals surface area (Å²) in [7, 11) is 0. The van der Waals surface area contributed by atoms with Crippen molar-refractivity contribution in [2.24, 2.45) is 5.92 Å². The van der Waals surface area contributed by atoms with Gasteiger partial charge in [0.2, 0.25) is 5.91 Å². The third-order valence-corrected chi connectivity index (χ3v) is 3.34. The van der Waals surface area contributed by atoms with Crippen LogP contribution in [0.25, 0.3) is 0 Å². The highest BCUT2D eigenvalue weighted by molar-refractivity contribution is 5.94. The Hall–Kier alpha value is -2.02. The van der Waals surface area contributed by atoms with E-state index < -0.39 is 23.1 Å². The van der Waals surface area contributed by atoms with Gasteiger partial charge < -0.3 is 16.0 Å². The van der Waals surface area contributed by atoms with Crippen molar-refractivity contribution in [3.8, 4) is 0 Å². The first-order chi connectivity index (χ1) is 10.6. The zero-order chi connectivity index (χ0) is 15.9. The maximum absolute atomic E-state index is 13.4. The molecule has 1 aliphatic rings. The van der Waals surface area contributed by atoms with Crippen molar-refractivity contribution in [2.75, 3.05) is 26.2 Å². The van der Waals surface area contributed by atoms with Gasteiger partial charge in [-0.25, -0.2) is 8.78 Å². The number of benzene rings is 1. The summed E-state index contributed by atoms with van der Waals surface area (Å²) in [5.74, 6) is -2.14. The smallest absolute Gasteiger partial charge is 0.257 e. The van der Waals surface area contributed by atoms with E-state index in [0.29, 0.717) is 5.92 Å². The summed E-state index contributed by atoms with van der Waals surface area (Å²) in [5, 5.41) is 8.01. The van der Waals surface area contributed by atoms with Gasteiger partial charge in [0.25, 0.3) is 5.91 Å². The Labute approximate surface area is 127 Å². The minimum Gasteiger partial charge on any atom is -0.353 e. The van der Waals surface area contributed by atoms with Crippen LogP contribution in [0, 0.1) is 17.6 Å². The second kappa shape index (κ2) is 7.84. The van der Waals surface area contributed by atoms with Crippen molar-refractivity contribution in [1.29, 1.82) is 0 Å². The van der Waals surface area contributed by atoms with E-state index in [2.05, 4.69) is 16.0 Å². The van der Waals surface area contributed by atoms with Gasteiger partial charge in [0.1, 0.15) is 17.2 Å². The Kier molecular flexibility index (Phi) is 5.83. The Bertz CT molecular complexity index is 527. The average Bonchev–Trinajstić information content (AvgIpc) is 3.27. The summed E-state index contributed by atoms with van der Waals surface area (Å²) in [6.45, 7) is 1.37. The molecule has 0 atom stereocenters. The maximum Gasteiger partial charge on any atom is 0.257 e. The van der Waals surface area contributed by atoms with E-state index in [1.165, 1.54) is 18.9 Å². The summed E-state index contributed by atoms with van der Waals surface area (Å²) >= 11 is 0. The molecule has 7 heteroatoms. The molecular weight excluding hydrogens is 292 g/mol. The molecule has 0 aromatic heterocycles. The van der Waals surface area contributed by atoms with Crippen LogP contribution in [0.15, 0.2) is 18.2 Å². The lowest BCUT2D eigenvalue weighted by molar-refractivity contribution is -0.120. The standard InChI is InChI=1S/C15H19F2N3O2/c16-11-2-1-3-12(17)14(11)15(22)20-7-6-19-13(21)9-18-8-10-4-5-10/h1-3,10,18H,4-9H2,(H,19,21)(H,20,22). The number of hydrogen-bond donors (Lipinski definition) is 3. The van der Waals surface area contributed by atoms with E-state index >= 15 is 0 Å². The maximum atomic E-state index is 13.4. The van der Waals surface area contributed by atoms with Gasteiger partial charge in [-0.1, -0.05) is 6.07 Å². The van der Waals surface area contributed by atoms with Gasteiger partial charge in [-0.05, 0) is 37.4 Å². The lowest BCUT2D eigenvalue weighted by Gasteiger charge is -2.09. The Morgan fingerprint density at radius 3 is 2.36 bits per heavy atom. The van der Waals surface area contributed by atoms with Crippen LogP contribution in [-0.4, -0.2) is 38.0 Å². The van der Waals surface area contributed by atoms with Crippen molar-refractivity contribution >= 4 is 11.8 Å². The molecule has 0 spiro atoms. The third kappa shape index (κ3) is 5.07. The van der Waals surface area contributed by atoms with Crippen molar-refractivity contribution in [3.63, 3.8) is 0 Å². The lowest BCUT2D eigenvalue weighted by atomic mass is 10.2. The lowest BCUT2D eigenvalue weighted by Crippen LogP contribution is -2.39. The second-order valence-electron chi connectivity index (χ2n) is 5.28. The zero-order valence-corrected chi connectivity index (χ0v) is 12.1. The van der Waals surface area contributed by atoms with Crippen molar-refractivity contribution in [1.82, 2.24) is 16.0 Å². The number of amides is 2. The number of rotatable bonds is 8. The van der Waals surface area contributed by atoms with Gasteiger partial charge in [-0.3, -0.25) is 9.59 Å². The van der Waals surface area contributed by atoms with Gasteiger partial charge in [-0.15, -0.1) is 0 Å². The highest BCUT2D eigenvalue weighted by atomic mass is 19.1. The summed E-state index contributed by atoms with van der Waals surface area (Å²) in [5.41, 5.74) is -0.611. The van der Waals surface area contributed by atoms with E-state index in [0.717, 1.165) is 18.7 Å². The minimum atomic E-state index is -0.911. The van der Waals surface area contributed by atoms with E-state index in [4.69, 9.17) is 0 Å². The summed E-state index contributed by atoms with van der Waals surface area (Å²) in [4.78, 5) is 23.1. The van der Waals surface area contributed by atoms with Crippen molar-refractivity contribution < 1.29 is 18.4 Å². The van der Waals surface area contributed by atoms with Gasteiger partial charge in [0, 0.05) is 13.1 Å². The average molecular weight is 311 g/mol. The number of nitrogens with one attached hydrogen (secondary N) is 3.